The number of carbonyl (C=O) groups excluding carboxylic acids is 2. The molecule has 1 aliphatic heterocycles. The van der Waals surface area contributed by atoms with Gasteiger partial charge in [0.2, 0.25) is 17.8 Å². The molecule has 2 atom stereocenters. The standard InChI is InChI=1S/C19H20N4O6S2/c1-10-8-11(2)21-19(20-10)22-31(28,29)14-6-4-13(5-7-14)23-16(24)9-15(17(23)25)30-12(3)18(26)27/h4-8,12,15H,9H2,1-3H3,(H,26,27)(H,20,21,22). The lowest BCUT2D eigenvalue weighted by Gasteiger charge is -2.16. The number of imide groups is 1. The fourth-order valence-electron chi connectivity index (χ4n) is 3.01. The van der Waals surface area contributed by atoms with Crippen molar-refractivity contribution in [3.63, 3.8) is 0 Å². The van der Waals surface area contributed by atoms with Crippen molar-refractivity contribution in [1.82, 2.24) is 9.97 Å². The van der Waals surface area contributed by atoms with E-state index in [1.54, 1.807) is 19.9 Å². The number of hydrogen-bond donors (Lipinski definition) is 2. The third-order valence-electron chi connectivity index (χ3n) is 4.43. The second-order valence-electron chi connectivity index (χ2n) is 6.95. The molecule has 0 spiro atoms. The highest BCUT2D eigenvalue weighted by molar-refractivity contribution is 8.01. The summed E-state index contributed by atoms with van der Waals surface area (Å²) in [6, 6.07) is 6.93. The summed E-state index contributed by atoms with van der Waals surface area (Å²) in [5.74, 6) is -2.13. The number of thioether (sulfide) groups is 1. The predicted molar refractivity (Wildman–Crippen MR) is 114 cm³/mol. The minimum atomic E-state index is -3.98. The molecule has 2 unspecified atom stereocenters. The van der Waals surface area contributed by atoms with E-state index in [4.69, 9.17) is 5.11 Å². The van der Waals surface area contributed by atoms with E-state index in [1.807, 2.05) is 0 Å². The number of aromatic nitrogens is 2. The van der Waals surface area contributed by atoms with E-state index in [1.165, 1.54) is 31.2 Å². The van der Waals surface area contributed by atoms with Crippen molar-refractivity contribution in [3.05, 3.63) is 41.7 Å². The highest BCUT2D eigenvalue weighted by Crippen LogP contribution is 2.32. The summed E-state index contributed by atoms with van der Waals surface area (Å²) in [7, 11) is -3.98. The molecule has 164 valence electrons. The van der Waals surface area contributed by atoms with Crippen LogP contribution in [0.15, 0.2) is 35.2 Å². The van der Waals surface area contributed by atoms with Gasteiger partial charge in [0, 0.05) is 17.8 Å². The molecule has 12 heteroatoms. The Labute approximate surface area is 183 Å². The van der Waals surface area contributed by atoms with Crippen molar-refractivity contribution in [1.29, 1.82) is 0 Å². The van der Waals surface area contributed by atoms with Gasteiger partial charge in [0.15, 0.2) is 0 Å². The topological polar surface area (TPSA) is 147 Å². The van der Waals surface area contributed by atoms with Crippen LogP contribution < -0.4 is 9.62 Å². The smallest absolute Gasteiger partial charge is 0.316 e. The van der Waals surface area contributed by atoms with E-state index in [0.29, 0.717) is 11.4 Å². The van der Waals surface area contributed by atoms with Gasteiger partial charge in [-0.1, -0.05) is 0 Å². The van der Waals surface area contributed by atoms with Gasteiger partial charge in [0.25, 0.3) is 10.0 Å². The van der Waals surface area contributed by atoms with Crippen molar-refractivity contribution in [2.45, 2.75) is 42.6 Å². The third kappa shape index (κ3) is 5.02. The second-order valence-corrected chi connectivity index (χ2v) is 10.2. The molecule has 3 rings (SSSR count). The summed E-state index contributed by atoms with van der Waals surface area (Å²) in [5, 5.41) is 7.38. The molecule has 0 radical (unpaired) electrons. The summed E-state index contributed by atoms with van der Waals surface area (Å²) in [6.07, 6.45) is -0.118. The van der Waals surface area contributed by atoms with Crippen LogP contribution >= 0.6 is 11.8 Å². The number of rotatable bonds is 7. The number of sulfonamides is 1. The maximum Gasteiger partial charge on any atom is 0.316 e. The first-order chi connectivity index (χ1) is 14.5. The normalized spacial score (nSPS) is 17.6. The molecule has 10 nitrogen and oxygen atoms in total. The summed E-state index contributed by atoms with van der Waals surface area (Å²) in [5.41, 5.74) is 1.43. The van der Waals surface area contributed by atoms with Crippen molar-refractivity contribution in [3.8, 4) is 0 Å². The van der Waals surface area contributed by atoms with Gasteiger partial charge in [-0.3, -0.25) is 14.4 Å². The Morgan fingerprint density at radius 2 is 1.77 bits per heavy atom. The van der Waals surface area contributed by atoms with Gasteiger partial charge in [-0.15, -0.1) is 11.8 Å². The van der Waals surface area contributed by atoms with Crippen molar-refractivity contribution < 1.29 is 27.9 Å². The van der Waals surface area contributed by atoms with E-state index < -0.39 is 38.3 Å². The highest BCUT2D eigenvalue weighted by Gasteiger charge is 2.41. The van der Waals surface area contributed by atoms with Crippen molar-refractivity contribution in [2.24, 2.45) is 0 Å². The molecule has 2 aromatic rings. The van der Waals surface area contributed by atoms with Gasteiger partial charge in [-0.2, -0.15) is 0 Å². The Balaban J connectivity index is 1.78. The zero-order chi connectivity index (χ0) is 22.9. The third-order valence-corrected chi connectivity index (χ3v) is 7.09. The molecule has 0 saturated carbocycles. The average Bonchev–Trinajstić information content (AvgIpc) is 2.93. The SMILES string of the molecule is Cc1cc(C)nc(NS(=O)(=O)c2ccc(N3C(=O)CC(SC(C)C(=O)O)C3=O)cc2)n1. The number of nitrogens with zero attached hydrogens (tertiary/aromatic N) is 3. The summed E-state index contributed by atoms with van der Waals surface area (Å²) in [6.45, 7) is 4.88. The Bertz CT molecular complexity index is 1130. The molecular formula is C19H20N4O6S2. The number of anilines is 2. The van der Waals surface area contributed by atoms with E-state index in [9.17, 15) is 22.8 Å². The van der Waals surface area contributed by atoms with Crippen LogP contribution in [0, 0.1) is 13.8 Å². The molecule has 1 saturated heterocycles. The first-order valence-corrected chi connectivity index (χ1v) is 11.6. The first kappa shape index (κ1) is 22.7. The van der Waals surface area contributed by atoms with Crippen LogP contribution in [0.3, 0.4) is 0 Å². The fraction of sp³-hybridized carbons (Fsp3) is 0.316. The van der Waals surface area contributed by atoms with Gasteiger partial charge in [-0.05, 0) is 51.1 Å². The van der Waals surface area contributed by atoms with Crippen LogP contribution in [-0.2, 0) is 24.4 Å². The monoisotopic (exact) mass is 464 g/mol. The molecule has 1 aromatic heterocycles. The van der Waals surface area contributed by atoms with Gasteiger partial charge < -0.3 is 5.11 Å². The van der Waals surface area contributed by atoms with Crippen LogP contribution in [-0.4, -0.2) is 51.8 Å². The van der Waals surface area contributed by atoms with E-state index in [2.05, 4.69) is 14.7 Å². The van der Waals surface area contributed by atoms with Gasteiger partial charge in [0.05, 0.1) is 15.8 Å². The Kier molecular flexibility index (Phi) is 6.32. The second kappa shape index (κ2) is 8.63. The van der Waals surface area contributed by atoms with E-state index in [-0.39, 0.29) is 23.0 Å². The lowest BCUT2D eigenvalue weighted by molar-refractivity contribution is -0.136. The van der Waals surface area contributed by atoms with Crippen LogP contribution in [0.2, 0.25) is 0 Å². The molecule has 0 bridgehead atoms. The number of nitrogens with one attached hydrogen (secondary N) is 1. The van der Waals surface area contributed by atoms with E-state index >= 15 is 0 Å². The molecule has 31 heavy (non-hydrogen) atoms. The number of hydrogen-bond acceptors (Lipinski definition) is 8. The number of carboxylic acid groups (broad SMARTS) is 1. The number of aliphatic carboxylic acids is 1. The van der Waals surface area contributed by atoms with Gasteiger partial charge in [-0.25, -0.2) is 28.0 Å². The molecule has 1 aromatic carbocycles. The predicted octanol–water partition coefficient (Wildman–Crippen LogP) is 1.73. The molecule has 1 fully saturated rings. The zero-order valence-corrected chi connectivity index (χ0v) is 18.5. The number of aryl methyl sites for hydroxylation is 2. The number of carbonyl (C=O) groups is 3. The van der Waals surface area contributed by atoms with Crippen LogP contribution in [0.5, 0.6) is 0 Å². The van der Waals surface area contributed by atoms with Gasteiger partial charge >= 0.3 is 5.97 Å². The lowest BCUT2D eigenvalue weighted by Crippen LogP contribution is -2.32. The Morgan fingerprint density at radius 3 is 2.32 bits per heavy atom. The van der Waals surface area contributed by atoms with Crippen molar-refractivity contribution in [2.75, 3.05) is 9.62 Å². The molecular weight excluding hydrogens is 444 g/mol. The summed E-state index contributed by atoms with van der Waals surface area (Å²) in [4.78, 5) is 44.9. The van der Waals surface area contributed by atoms with Crippen LogP contribution in [0.4, 0.5) is 11.6 Å². The summed E-state index contributed by atoms with van der Waals surface area (Å²) < 4.78 is 27.6. The van der Waals surface area contributed by atoms with Crippen LogP contribution in [0.1, 0.15) is 24.7 Å². The average molecular weight is 465 g/mol. The lowest BCUT2D eigenvalue weighted by atomic mass is 10.3. The Hall–Kier alpha value is -2.99. The number of benzene rings is 1. The zero-order valence-electron chi connectivity index (χ0n) is 16.9. The van der Waals surface area contributed by atoms with Crippen molar-refractivity contribution >= 4 is 51.2 Å². The molecule has 1 aliphatic rings. The highest BCUT2D eigenvalue weighted by atomic mass is 32.2. The first-order valence-electron chi connectivity index (χ1n) is 9.18. The van der Waals surface area contributed by atoms with Gasteiger partial charge in [0.1, 0.15) is 5.25 Å². The van der Waals surface area contributed by atoms with Crippen LogP contribution in [0.25, 0.3) is 0 Å². The van der Waals surface area contributed by atoms with E-state index in [0.717, 1.165) is 16.7 Å². The number of carboxylic acids is 1. The quantitative estimate of drug-likeness (QED) is 0.585. The summed E-state index contributed by atoms with van der Waals surface area (Å²) >= 11 is 0.905. The maximum absolute atomic E-state index is 12.6. The largest absolute Gasteiger partial charge is 0.480 e. The molecule has 2 heterocycles. The number of amides is 2. The molecule has 2 N–H and O–H groups in total. The minimum Gasteiger partial charge on any atom is -0.480 e. The minimum absolute atomic E-state index is 0.0566. The Morgan fingerprint density at radius 1 is 1.19 bits per heavy atom. The molecule has 0 aliphatic carbocycles. The molecule has 2 amide bonds. The maximum atomic E-state index is 12.6. The fourth-order valence-corrected chi connectivity index (χ4v) is 5.03.